The number of aryl methyl sites for hydroxylation is 1. The van der Waals surface area contributed by atoms with E-state index in [2.05, 4.69) is 15.2 Å². The average molecular weight is 425 g/mol. The standard InChI is InChI=1S/C21H17ClN4O4/c1-13-18(19(22)26(24-13)15-6-4-3-5-7-15)21(27)29-12-17-23-20(25-30-17)14-8-10-16(28-2)11-9-14/h3-11H,12H2,1-2H3. The van der Waals surface area contributed by atoms with Gasteiger partial charge < -0.3 is 14.0 Å². The predicted molar refractivity (Wildman–Crippen MR) is 109 cm³/mol. The molecule has 0 radical (unpaired) electrons. The van der Waals surface area contributed by atoms with Crippen LogP contribution in [0.2, 0.25) is 5.15 Å². The first-order valence-corrected chi connectivity index (χ1v) is 9.39. The number of carbonyl (C=O) groups excluding carboxylic acids is 1. The van der Waals surface area contributed by atoms with E-state index in [0.29, 0.717) is 11.5 Å². The second kappa shape index (κ2) is 8.38. The number of para-hydroxylation sites is 1. The third-order valence-corrected chi connectivity index (χ3v) is 4.70. The Morgan fingerprint density at radius 3 is 2.57 bits per heavy atom. The van der Waals surface area contributed by atoms with Crippen LogP contribution in [0.5, 0.6) is 5.75 Å². The topological polar surface area (TPSA) is 92.3 Å². The van der Waals surface area contributed by atoms with Crippen LogP contribution in [0, 0.1) is 6.92 Å². The molecule has 152 valence electrons. The molecule has 0 aliphatic carbocycles. The Kier molecular flexibility index (Phi) is 5.49. The summed E-state index contributed by atoms with van der Waals surface area (Å²) in [6, 6.07) is 16.5. The predicted octanol–water partition coefficient (Wildman–Crippen LogP) is 4.25. The number of nitrogens with zero attached hydrogens (tertiary/aromatic N) is 4. The summed E-state index contributed by atoms with van der Waals surface area (Å²) in [6.07, 6.45) is 0. The second-order valence-electron chi connectivity index (χ2n) is 6.31. The number of halogens is 1. The largest absolute Gasteiger partial charge is 0.497 e. The van der Waals surface area contributed by atoms with Crippen LogP contribution in [-0.4, -0.2) is 33.0 Å². The maximum atomic E-state index is 12.6. The zero-order valence-corrected chi connectivity index (χ0v) is 17.0. The fourth-order valence-corrected chi connectivity index (χ4v) is 3.19. The van der Waals surface area contributed by atoms with Gasteiger partial charge in [-0.25, -0.2) is 9.48 Å². The minimum Gasteiger partial charge on any atom is -0.497 e. The van der Waals surface area contributed by atoms with Gasteiger partial charge in [0.1, 0.15) is 16.5 Å². The first-order chi connectivity index (χ1) is 14.6. The van der Waals surface area contributed by atoms with Crippen molar-refractivity contribution >= 4 is 17.6 Å². The molecule has 0 spiro atoms. The quantitative estimate of drug-likeness (QED) is 0.427. The Labute approximate surface area is 177 Å². The Bertz CT molecular complexity index is 1170. The van der Waals surface area contributed by atoms with E-state index in [0.717, 1.165) is 17.0 Å². The van der Waals surface area contributed by atoms with Crippen LogP contribution in [0.25, 0.3) is 17.1 Å². The molecule has 2 aromatic heterocycles. The lowest BCUT2D eigenvalue weighted by Crippen LogP contribution is -2.07. The Morgan fingerprint density at radius 2 is 1.87 bits per heavy atom. The normalized spacial score (nSPS) is 10.8. The molecule has 0 unspecified atom stereocenters. The monoisotopic (exact) mass is 424 g/mol. The van der Waals surface area contributed by atoms with E-state index < -0.39 is 5.97 Å². The molecular weight excluding hydrogens is 408 g/mol. The summed E-state index contributed by atoms with van der Waals surface area (Å²) in [4.78, 5) is 16.8. The molecule has 9 heteroatoms. The summed E-state index contributed by atoms with van der Waals surface area (Å²) in [5.41, 5.74) is 2.14. The Hall–Kier alpha value is -3.65. The van der Waals surface area contributed by atoms with Gasteiger partial charge in [-0.05, 0) is 43.3 Å². The fourth-order valence-electron chi connectivity index (χ4n) is 2.84. The van der Waals surface area contributed by atoms with Gasteiger partial charge in [-0.1, -0.05) is 35.0 Å². The molecule has 0 atom stereocenters. The number of aromatic nitrogens is 4. The number of benzene rings is 2. The summed E-state index contributed by atoms with van der Waals surface area (Å²) in [5.74, 6) is 0.650. The summed E-state index contributed by atoms with van der Waals surface area (Å²) >= 11 is 6.39. The van der Waals surface area contributed by atoms with E-state index >= 15 is 0 Å². The Balaban J connectivity index is 1.47. The van der Waals surface area contributed by atoms with Gasteiger partial charge in [-0.15, -0.1) is 0 Å². The third-order valence-electron chi connectivity index (χ3n) is 4.35. The molecule has 30 heavy (non-hydrogen) atoms. The highest BCUT2D eigenvalue weighted by atomic mass is 35.5. The maximum Gasteiger partial charge on any atom is 0.343 e. The average Bonchev–Trinajstić information content (AvgIpc) is 3.37. The van der Waals surface area contributed by atoms with Crippen LogP contribution >= 0.6 is 11.6 Å². The highest BCUT2D eigenvalue weighted by Crippen LogP contribution is 2.25. The number of carbonyl (C=O) groups is 1. The lowest BCUT2D eigenvalue weighted by molar-refractivity contribution is 0.0429. The zero-order valence-electron chi connectivity index (χ0n) is 16.2. The molecule has 8 nitrogen and oxygen atoms in total. The van der Waals surface area contributed by atoms with E-state index in [1.54, 1.807) is 38.3 Å². The molecular formula is C21H17ClN4O4. The van der Waals surface area contributed by atoms with Crippen LogP contribution in [0.1, 0.15) is 21.9 Å². The van der Waals surface area contributed by atoms with Gasteiger partial charge in [0.15, 0.2) is 6.61 Å². The van der Waals surface area contributed by atoms with E-state index in [1.165, 1.54) is 4.68 Å². The number of hydrogen-bond donors (Lipinski definition) is 0. The summed E-state index contributed by atoms with van der Waals surface area (Å²) in [7, 11) is 1.59. The minimum absolute atomic E-state index is 0.165. The lowest BCUT2D eigenvalue weighted by Gasteiger charge is -2.03. The van der Waals surface area contributed by atoms with Gasteiger partial charge in [-0.3, -0.25) is 0 Å². The summed E-state index contributed by atoms with van der Waals surface area (Å²) < 4.78 is 17.1. The summed E-state index contributed by atoms with van der Waals surface area (Å²) in [5, 5.41) is 8.42. The van der Waals surface area contributed by atoms with Crippen LogP contribution in [0.4, 0.5) is 0 Å². The smallest absolute Gasteiger partial charge is 0.343 e. The van der Waals surface area contributed by atoms with Crippen molar-refractivity contribution in [2.75, 3.05) is 7.11 Å². The number of esters is 1. The van der Waals surface area contributed by atoms with E-state index in [9.17, 15) is 4.79 Å². The number of methoxy groups -OCH3 is 1. The fraction of sp³-hybridized carbons (Fsp3) is 0.143. The Morgan fingerprint density at radius 1 is 1.13 bits per heavy atom. The molecule has 0 saturated heterocycles. The molecule has 0 N–H and O–H groups in total. The van der Waals surface area contributed by atoms with Crippen LogP contribution in [0.15, 0.2) is 59.1 Å². The van der Waals surface area contributed by atoms with E-state index in [4.69, 9.17) is 25.6 Å². The van der Waals surface area contributed by atoms with Gasteiger partial charge in [0.25, 0.3) is 5.89 Å². The minimum atomic E-state index is -0.621. The highest BCUT2D eigenvalue weighted by Gasteiger charge is 2.23. The van der Waals surface area contributed by atoms with Crippen LogP contribution < -0.4 is 4.74 Å². The van der Waals surface area contributed by atoms with Crippen LogP contribution in [0.3, 0.4) is 0 Å². The van der Waals surface area contributed by atoms with Gasteiger partial charge >= 0.3 is 5.97 Å². The van der Waals surface area contributed by atoms with E-state index in [-0.39, 0.29) is 23.2 Å². The molecule has 0 fully saturated rings. The third kappa shape index (κ3) is 3.90. The van der Waals surface area contributed by atoms with Crippen LogP contribution in [-0.2, 0) is 11.3 Å². The maximum absolute atomic E-state index is 12.6. The number of hydrogen-bond acceptors (Lipinski definition) is 7. The molecule has 4 aromatic rings. The SMILES string of the molecule is COc1ccc(-c2noc(COC(=O)c3c(C)nn(-c4ccccc4)c3Cl)n2)cc1. The lowest BCUT2D eigenvalue weighted by atomic mass is 10.2. The first-order valence-electron chi connectivity index (χ1n) is 9.01. The molecule has 0 amide bonds. The van der Waals surface area contributed by atoms with Gasteiger partial charge in [0.05, 0.1) is 18.5 Å². The first kappa shape index (κ1) is 19.7. The van der Waals surface area contributed by atoms with Crippen molar-refractivity contribution in [3.63, 3.8) is 0 Å². The van der Waals surface area contributed by atoms with Crippen molar-refractivity contribution in [1.29, 1.82) is 0 Å². The second-order valence-corrected chi connectivity index (χ2v) is 6.67. The van der Waals surface area contributed by atoms with Crippen molar-refractivity contribution in [1.82, 2.24) is 19.9 Å². The van der Waals surface area contributed by atoms with Crippen molar-refractivity contribution in [2.24, 2.45) is 0 Å². The number of rotatable bonds is 6. The summed E-state index contributed by atoms with van der Waals surface area (Å²) in [6.45, 7) is 1.50. The molecule has 0 aliphatic rings. The molecule has 2 aromatic carbocycles. The van der Waals surface area contributed by atoms with Crippen molar-refractivity contribution in [2.45, 2.75) is 13.5 Å². The molecule has 0 saturated carbocycles. The molecule has 4 rings (SSSR count). The van der Waals surface area contributed by atoms with Crippen molar-refractivity contribution in [3.05, 3.63) is 76.9 Å². The van der Waals surface area contributed by atoms with Gasteiger partial charge in [-0.2, -0.15) is 10.1 Å². The molecule has 0 bridgehead atoms. The number of ether oxygens (including phenoxy) is 2. The zero-order chi connectivity index (χ0) is 21.1. The van der Waals surface area contributed by atoms with Crippen molar-refractivity contribution in [3.8, 4) is 22.8 Å². The van der Waals surface area contributed by atoms with Gasteiger partial charge in [0.2, 0.25) is 5.82 Å². The molecule has 2 heterocycles. The van der Waals surface area contributed by atoms with E-state index in [1.807, 2.05) is 30.3 Å². The highest BCUT2D eigenvalue weighted by molar-refractivity contribution is 6.33. The van der Waals surface area contributed by atoms with Gasteiger partial charge in [0, 0.05) is 5.56 Å². The van der Waals surface area contributed by atoms with Crippen molar-refractivity contribution < 1.29 is 18.8 Å². The molecule has 0 aliphatic heterocycles.